The van der Waals surface area contributed by atoms with E-state index in [9.17, 15) is 9.18 Å². The second-order valence-corrected chi connectivity index (χ2v) is 4.95. The maximum Gasteiger partial charge on any atom is 0.152 e. The fourth-order valence-corrected chi connectivity index (χ4v) is 2.14. The van der Waals surface area contributed by atoms with Crippen LogP contribution in [0.5, 0.6) is 0 Å². The third-order valence-electron chi connectivity index (χ3n) is 3.14. The molecule has 108 valence electrons. The largest absolute Gasteiger partial charge is 0.388 e. The number of carbonyl (C=O) groups is 1. The molecule has 21 heavy (non-hydrogen) atoms. The van der Waals surface area contributed by atoms with Gasteiger partial charge in [-0.3, -0.25) is 9.98 Å². The number of nitrogens with zero attached hydrogens (tertiary/aromatic N) is 2. The van der Waals surface area contributed by atoms with Gasteiger partial charge in [-0.1, -0.05) is 12.1 Å². The predicted molar refractivity (Wildman–Crippen MR) is 80.3 cm³/mol. The van der Waals surface area contributed by atoms with Crippen molar-refractivity contribution in [2.24, 2.45) is 10.7 Å². The Morgan fingerprint density at radius 3 is 2.71 bits per heavy atom. The summed E-state index contributed by atoms with van der Waals surface area (Å²) in [6.45, 7) is 3.09. The van der Waals surface area contributed by atoms with Gasteiger partial charge >= 0.3 is 0 Å². The zero-order chi connectivity index (χ0) is 15.5. The summed E-state index contributed by atoms with van der Waals surface area (Å²) in [5, 5.41) is 0. The van der Waals surface area contributed by atoms with Gasteiger partial charge in [-0.05, 0) is 37.6 Å². The van der Waals surface area contributed by atoms with E-state index in [0.717, 1.165) is 11.1 Å². The van der Waals surface area contributed by atoms with Gasteiger partial charge in [0.05, 0.1) is 5.84 Å². The SMILES string of the molecule is CC(N)=NC(C)(C=O)c1cc(-c2cccnc2)ccc1F. The maximum atomic E-state index is 14.1. The van der Waals surface area contributed by atoms with Gasteiger partial charge in [-0.25, -0.2) is 4.39 Å². The van der Waals surface area contributed by atoms with E-state index in [1.807, 2.05) is 6.07 Å². The molecule has 1 heterocycles. The van der Waals surface area contributed by atoms with Crippen LogP contribution in [-0.4, -0.2) is 17.1 Å². The minimum Gasteiger partial charge on any atom is -0.388 e. The van der Waals surface area contributed by atoms with E-state index >= 15 is 0 Å². The summed E-state index contributed by atoms with van der Waals surface area (Å²) < 4.78 is 14.1. The highest BCUT2D eigenvalue weighted by molar-refractivity contribution is 5.82. The lowest BCUT2D eigenvalue weighted by atomic mass is 9.91. The minimum atomic E-state index is -1.35. The summed E-state index contributed by atoms with van der Waals surface area (Å²) in [7, 11) is 0. The fourth-order valence-electron chi connectivity index (χ4n) is 2.14. The molecule has 1 aromatic carbocycles. The molecular formula is C16H16FN3O. The first-order chi connectivity index (χ1) is 9.96. The van der Waals surface area contributed by atoms with Gasteiger partial charge in [0.15, 0.2) is 6.29 Å². The number of aliphatic imine (C=N–C) groups is 1. The number of halogens is 1. The highest BCUT2D eigenvalue weighted by Gasteiger charge is 2.29. The Morgan fingerprint density at radius 1 is 1.38 bits per heavy atom. The Morgan fingerprint density at radius 2 is 2.14 bits per heavy atom. The summed E-state index contributed by atoms with van der Waals surface area (Å²) >= 11 is 0. The lowest BCUT2D eigenvalue weighted by Gasteiger charge is -2.21. The normalized spacial score (nSPS) is 14.5. The summed E-state index contributed by atoms with van der Waals surface area (Å²) in [6.07, 6.45) is 3.92. The van der Waals surface area contributed by atoms with Crippen LogP contribution in [0.2, 0.25) is 0 Å². The highest BCUT2D eigenvalue weighted by atomic mass is 19.1. The van der Waals surface area contributed by atoms with Gasteiger partial charge in [0, 0.05) is 23.5 Å². The third-order valence-corrected chi connectivity index (χ3v) is 3.14. The van der Waals surface area contributed by atoms with Gasteiger partial charge in [0.1, 0.15) is 11.4 Å². The molecule has 1 aromatic heterocycles. The van der Waals surface area contributed by atoms with Crippen molar-refractivity contribution >= 4 is 12.1 Å². The van der Waals surface area contributed by atoms with Crippen LogP contribution in [0.15, 0.2) is 47.7 Å². The molecule has 0 amide bonds. The van der Waals surface area contributed by atoms with Crippen LogP contribution in [0.25, 0.3) is 11.1 Å². The van der Waals surface area contributed by atoms with Gasteiger partial charge in [0.2, 0.25) is 0 Å². The zero-order valence-electron chi connectivity index (χ0n) is 11.9. The van der Waals surface area contributed by atoms with E-state index in [0.29, 0.717) is 6.29 Å². The molecule has 0 bridgehead atoms. The Balaban J connectivity index is 2.59. The number of pyridine rings is 1. The quantitative estimate of drug-likeness (QED) is 0.533. The van der Waals surface area contributed by atoms with Crippen molar-refractivity contribution in [3.63, 3.8) is 0 Å². The van der Waals surface area contributed by atoms with Gasteiger partial charge in [-0.2, -0.15) is 0 Å². The standard InChI is InChI=1S/C16H16FN3O/c1-11(18)20-16(2,10-21)14-8-12(5-6-15(14)17)13-4-3-7-19-9-13/h3-10H,1-2H3,(H2,18,20). The summed E-state index contributed by atoms with van der Waals surface area (Å²) in [5.41, 5.74) is 5.98. The van der Waals surface area contributed by atoms with Crippen molar-refractivity contribution < 1.29 is 9.18 Å². The van der Waals surface area contributed by atoms with E-state index in [1.54, 1.807) is 37.5 Å². The number of hydrogen-bond acceptors (Lipinski definition) is 3. The summed E-state index contributed by atoms with van der Waals surface area (Å²) in [5.74, 6) is -0.280. The van der Waals surface area contributed by atoms with Crippen LogP contribution >= 0.6 is 0 Å². The number of aldehydes is 1. The summed E-state index contributed by atoms with van der Waals surface area (Å²) in [6, 6.07) is 8.22. The third kappa shape index (κ3) is 3.13. The number of aromatic nitrogens is 1. The minimum absolute atomic E-state index is 0.184. The molecule has 0 spiro atoms. The van der Waals surface area contributed by atoms with Crippen molar-refractivity contribution in [1.29, 1.82) is 0 Å². The molecular weight excluding hydrogens is 269 g/mol. The van der Waals surface area contributed by atoms with Crippen LogP contribution in [0.4, 0.5) is 4.39 Å². The topological polar surface area (TPSA) is 68.3 Å². The zero-order valence-corrected chi connectivity index (χ0v) is 11.9. The number of nitrogens with two attached hydrogens (primary N) is 1. The fraction of sp³-hybridized carbons (Fsp3) is 0.188. The summed E-state index contributed by atoms with van der Waals surface area (Å²) in [4.78, 5) is 19.5. The number of hydrogen-bond donors (Lipinski definition) is 1. The van der Waals surface area contributed by atoms with Crippen molar-refractivity contribution in [3.8, 4) is 11.1 Å². The Bertz CT molecular complexity index is 681. The van der Waals surface area contributed by atoms with Crippen molar-refractivity contribution in [3.05, 3.63) is 54.1 Å². The molecule has 0 aliphatic heterocycles. The molecule has 1 atom stereocenters. The molecule has 2 N–H and O–H groups in total. The van der Waals surface area contributed by atoms with E-state index < -0.39 is 11.4 Å². The number of rotatable bonds is 4. The molecule has 0 aliphatic carbocycles. The average Bonchev–Trinajstić information content (AvgIpc) is 2.47. The van der Waals surface area contributed by atoms with Crippen LogP contribution in [0.3, 0.4) is 0 Å². The molecule has 0 saturated heterocycles. The second kappa shape index (κ2) is 5.83. The first kappa shape index (κ1) is 14.8. The smallest absolute Gasteiger partial charge is 0.152 e. The molecule has 0 fully saturated rings. The number of carbonyl (C=O) groups excluding carboxylic acids is 1. The van der Waals surface area contributed by atoms with Crippen molar-refractivity contribution in [2.75, 3.05) is 0 Å². The molecule has 2 aromatic rings. The van der Waals surface area contributed by atoms with Gasteiger partial charge in [-0.15, -0.1) is 0 Å². The Hall–Kier alpha value is -2.56. The average molecular weight is 285 g/mol. The highest BCUT2D eigenvalue weighted by Crippen LogP contribution is 2.30. The van der Waals surface area contributed by atoms with Crippen LogP contribution < -0.4 is 5.73 Å². The molecule has 1 unspecified atom stereocenters. The van der Waals surface area contributed by atoms with E-state index in [-0.39, 0.29) is 11.4 Å². The molecule has 5 heteroatoms. The van der Waals surface area contributed by atoms with Crippen LogP contribution in [0.1, 0.15) is 19.4 Å². The number of amidine groups is 1. The first-order valence-electron chi connectivity index (χ1n) is 6.45. The van der Waals surface area contributed by atoms with Gasteiger partial charge < -0.3 is 10.5 Å². The van der Waals surface area contributed by atoms with E-state index in [1.165, 1.54) is 13.0 Å². The molecule has 2 rings (SSSR count). The van der Waals surface area contributed by atoms with Crippen molar-refractivity contribution in [2.45, 2.75) is 19.4 Å². The van der Waals surface area contributed by atoms with Gasteiger partial charge in [0.25, 0.3) is 0 Å². The number of benzene rings is 1. The Kier molecular flexibility index (Phi) is 4.12. The Labute approximate surface area is 122 Å². The van der Waals surface area contributed by atoms with E-state index in [2.05, 4.69) is 9.98 Å². The molecule has 4 nitrogen and oxygen atoms in total. The van der Waals surface area contributed by atoms with E-state index in [4.69, 9.17) is 5.73 Å². The maximum absolute atomic E-state index is 14.1. The lowest BCUT2D eigenvalue weighted by Crippen LogP contribution is -2.26. The van der Waals surface area contributed by atoms with Crippen LogP contribution in [0, 0.1) is 5.82 Å². The predicted octanol–water partition coefficient (Wildman–Crippen LogP) is 2.68. The van der Waals surface area contributed by atoms with Crippen LogP contribution in [-0.2, 0) is 10.3 Å². The first-order valence-corrected chi connectivity index (χ1v) is 6.45. The monoisotopic (exact) mass is 285 g/mol. The van der Waals surface area contributed by atoms with Crippen molar-refractivity contribution in [1.82, 2.24) is 4.98 Å². The lowest BCUT2D eigenvalue weighted by molar-refractivity contribution is -0.112. The molecule has 0 saturated carbocycles. The second-order valence-electron chi connectivity index (χ2n) is 4.95. The molecule has 0 radical (unpaired) electrons. The molecule has 0 aliphatic rings.